The monoisotopic (exact) mass is 246 g/mol. The van der Waals surface area contributed by atoms with E-state index in [1.807, 2.05) is 17.0 Å². The van der Waals surface area contributed by atoms with Crippen LogP contribution in [0.15, 0.2) is 18.2 Å². The van der Waals surface area contributed by atoms with Gasteiger partial charge in [-0.2, -0.15) is 0 Å². The molecular formula is C15H22N2O. The molecular weight excluding hydrogens is 224 g/mol. The third-order valence-electron chi connectivity index (χ3n) is 3.89. The molecule has 0 radical (unpaired) electrons. The van der Waals surface area contributed by atoms with E-state index < -0.39 is 0 Å². The number of nitrogens with two attached hydrogens (primary N) is 1. The lowest BCUT2D eigenvalue weighted by Crippen LogP contribution is -2.39. The molecule has 0 bridgehead atoms. The fraction of sp³-hybridized carbons (Fsp3) is 0.533. The number of benzene rings is 1. The van der Waals surface area contributed by atoms with Crippen molar-refractivity contribution in [2.45, 2.75) is 39.7 Å². The van der Waals surface area contributed by atoms with Crippen molar-refractivity contribution in [3.63, 3.8) is 0 Å². The van der Waals surface area contributed by atoms with Crippen LogP contribution in [0.25, 0.3) is 0 Å². The first-order valence-electron chi connectivity index (χ1n) is 6.81. The highest BCUT2D eigenvalue weighted by atomic mass is 16.2. The van der Waals surface area contributed by atoms with Crippen LogP contribution in [0.3, 0.4) is 0 Å². The van der Waals surface area contributed by atoms with Crippen molar-refractivity contribution in [3.05, 3.63) is 29.3 Å². The molecule has 0 fully saturated rings. The standard InChI is InChI=1S/C15H22N2O/c1-3-11(4-2)15(18)17-8-7-12-5-6-14(16)9-13(12)10-17/h5-6,9,11H,3-4,7-8,10,16H2,1-2H3. The van der Waals surface area contributed by atoms with Crippen LogP contribution in [-0.2, 0) is 17.8 Å². The number of carbonyl (C=O) groups is 1. The SMILES string of the molecule is CCC(CC)C(=O)N1CCc2ccc(N)cc2C1. The van der Waals surface area contributed by atoms with Crippen LogP contribution in [0.5, 0.6) is 0 Å². The van der Waals surface area contributed by atoms with Gasteiger partial charge in [-0.15, -0.1) is 0 Å². The summed E-state index contributed by atoms with van der Waals surface area (Å²) >= 11 is 0. The molecule has 1 amide bonds. The molecule has 0 spiro atoms. The lowest BCUT2D eigenvalue weighted by molar-refractivity contribution is -0.136. The number of nitrogen functional groups attached to an aromatic ring is 1. The number of anilines is 1. The Kier molecular flexibility index (Phi) is 3.90. The second-order valence-corrected chi connectivity index (χ2v) is 5.05. The van der Waals surface area contributed by atoms with E-state index in [0.717, 1.165) is 38.0 Å². The predicted octanol–water partition coefficient (Wildman–Crippen LogP) is 2.59. The normalized spacial score (nSPS) is 14.7. The largest absolute Gasteiger partial charge is 0.399 e. The minimum Gasteiger partial charge on any atom is -0.399 e. The summed E-state index contributed by atoms with van der Waals surface area (Å²) in [6.07, 6.45) is 2.80. The molecule has 1 heterocycles. The van der Waals surface area contributed by atoms with E-state index in [4.69, 9.17) is 5.73 Å². The van der Waals surface area contributed by atoms with Crippen molar-refractivity contribution < 1.29 is 4.79 Å². The lowest BCUT2D eigenvalue weighted by Gasteiger charge is -2.31. The van der Waals surface area contributed by atoms with Gasteiger partial charge < -0.3 is 10.6 Å². The van der Waals surface area contributed by atoms with Crippen LogP contribution < -0.4 is 5.73 Å². The second-order valence-electron chi connectivity index (χ2n) is 5.05. The predicted molar refractivity (Wildman–Crippen MR) is 74.0 cm³/mol. The number of fused-ring (bicyclic) bond motifs is 1. The average molecular weight is 246 g/mol. The Labute approximate surface area is 109 Å². The third kappa shape index (κ3) is 2.50. The van der Waals surface area contributed by atoms with Gasteiger partial charge in [-0.25, -0.2) is 0 Å². The molecule has 2 N–H and O–H groups in total. The van der Waals surface area contributed by atoms with Gasteiger partial charge in [0.05, 0.1) is 0 Å². The maximum atomic E-state index is 12.3. The summed E-state index contributed by atoms with van der Waals surface area (Å²) in [7, 11) is 0. The van der Waals surface area contributed by atoms with Gasteiger partial charge >= 0.3 is 0 Å². The zero-order valence-electron chi connectivity index (χ0n) is 11.3. The van der Waals surface area contributed by atoms with E-state index in [1.165, 1.54) is 11.1 Å². The molecule has 1 aliphatic heterocycles. The quantitative estimate of drug-likeness (QED) is 0.833. The van der Waals surface area contributed by atoms with Crippen molar-refractivity contribution in [2.75, 3.05) is 12.3 Å². The zero-order valence-corrected chi connectivity index (χ0v) is 11.3. The van der Waals surface area contributed by atoms with Crippen molar-refractivity contribution in [1.29, 1.82) is 0 Å². The summed E-state index contributed by atoms with van der Waals surface area (Å²) in [4.78, 5) is 14.3. The minimum absolute atomic E-state index is 0.174. The molecule has 1 aliphatic rings. The smallest absolute Gasteiger partial charge is 0.225 e. The lowest BCUT2D eigenvalue weighted by atomic mass is 9.96. The number of amides is 1. The summed E-state index contributed by atoms with van der Waals surface area (Å²) < 4.78 is 0. The first-order chi connectivity index (χ1) is 8.65. The van der Waals surface area contributed by atoms with Crippen LogP contribution in [-0.4, -0.2) is 17.4 Å². The van der Waals surface area contributed by atoms with Crippen LogP contribution in [0.4, 0.5) is 5.69 Å². The molecule has 0 saturated carbocycles. The maximum absolute atomic E-state index is 12.3. The minimum atomic E-state index is 0.174. The fourth-order valence-electron chi connectivity index (χ4n) is 2.66. The highest BCUT2D eigenvalue weighted by Gasteiger charge is 2.25. The molecule has 18 heavy (non-hydrogen) atoms. The number of carbonyl (C=O) groups excluding carboxylic acids is 1. The Morgan fingerprint density at radius 2 is 2.06 bits per heavy atom. The Morgan fingerprint density at radius 1 is 1.33 bits per heavy atom. The maximum Gasteiger partial charge on any atom is 0.225 e. The molecule has 0 aliphatic carbocycles. The molecule has 0 saturated heterocycles. The number of nitrogens with zero attached hydrogens (tertiary/aromatic N) is 1. The summed E-state index contributed by atoms with van der Waals surface area (Å²) in [6, 6.07) is 6.03. The van der Waals surface area contributed by atoms with Gasteiger partial charge in [0.2, 0.25) is 5.91 Å². The van der Waals surface area contributed by atoms with Gasteiger partial charge in [-0.05, 0) is 42.5 Å². The Balaban J connectivity index is 2.14. The summed E-state index contributed by atoms with van der Waals surface area (Å²) in [6.45, 7) is 5.73. The molecule has 1 aromatic carbocycles. The summed E-state index contributed by atoms with van der Waals surface area (Å²) in [5.74, 6) is 0.473. The Morgan fingerprint density at radius 3 is 2.72 bits per heavy atom. The van der Waals surface area contributed by atoms with Gasteiger partial charge in [0.15, 0.2) is 0 Å². The van der Waals surface area contributed by atoms with Crippen LogP contribution in [0, 0.1) is 5.92 Å². The van der Waals surface area contributed by atoms with E-state index in [0.29, 0.717) is 5.91 Å². The van der Waals surface area contributed by atoms with Gasteiger partial charge in [-0.1, -0.05) is 19.9 Å². The van der Waals surface area contributed by atoms with E-state index in [-0.39, 0.29) is 5.92 Å². The van der Waals surface area contributed by atoms with Crippen LogP contribution in [0.1, 0.15) is 37.8 Å². The topological polar surface area (TPSA) is 46.3 Å². The van der Waals surface area contributed by atoms with Gasteiger partial charge in [0, 0.05) is 24.7 Å². The van der Waals surface area contributed by atoms with E-state index in [1.54, 1.807) is 0 Å². The van der Waals surface area contributed by atoms with E-state index in [2.05, 4.69) is 19.9 Å². The fourth-order valence-corrected chi connectivity index (χ4v) is 2.66. The number of hydrogen-bond acceptors (Lipinski definition) is 2. The molecule has 0 atom stereocenters. The second kappa shape index (κ2) is 5.42. The van der Waals surface area contributed by atoms with Gasteiger partial charge in [0.25, 0.3) is 0 Å². The number of rotatable bonds is 3. The number of hydrogen-bond donors (Lipinski definition) is 1. The highest BCUT2D eigenvalue weighted by Crippen LogP contribution is 2.23. The van der Waals surface area contributed by atoms with Gasteiger partial charge in [0.1, 0.15) is 0 Å². The van der Waals surface area contributed by atoms with Crippen molar-refractivity contribution in [1.82, 2.24) is 4.90 Å². The van der Waals surface area contributed by atoms with E-state index >= 15 is 0 Å². The average Bonchev–Trinajstić information content (AvgIpc) is 2.39. The van der Waals surface area contributed by atoms with Crippen LogP contribution >= 0.6 is 0 Å². The molecule has 0 aromatic heterocycles. The third-order valence-corrected chi connectivity index (χ3v) is 3.89. The molecule has 1 aromatic rings. The van der Waals surface area contributed by atoms with Crippen molar-refractivity contribution in [2.24, 2.45) is 5.92 Å². The van der Waals surface area contributed by atoms with Crippen LogP contribution in [0.2, 0.25) is 0 Å². The molecule has 3 nitrogen and oxygen atoms in total. The Bertz CT molecular complexity index is 438. The molecule has 0 unspecified atom stereocenters. The molecule has 2 rings (SSSR count). The first-order valence-corrected chi connectivity index (χ1v) is 6.81. The summed E-state index contributed by atoms with van der Waals surface area (Å²) in [5.41, 5.74) is 9.14. The highest BCUT2D eigenvalue weighted by molar-refractivity contribution is 5.79. The van der Waals surface area contributed by atoms with Crippen molar-refractivity contribution in [3.8, 4) is 0 Å². The molecule has 3 heteroatoms. The van der Waals surface area contributed by atoms with Crippen molar-refractivity contribution >= 4 is 11.6 Å². The first kappa shape index (κ1) is 12.9. The molecule has 98 valence electrons. The van der Waals surface area contributed by atoms with E-state index in [9.17, 15) is 4.79 Å². The summed E-state index contributed by atoms with van der Waals surface area (Å²) in [5, 5.41) is 0. The Hall–Kier alpha value is -1.51. The zero-order chi connectivity index (χ0) is 13.1. The van der Waals surface area contributed by atoms with Gasteiger partial charge in [-0.3, -0.25) is 4.79 Å².